The standard InChI is InChI=1S/C20H23F2N3O4S/c1-29-16-4-3-11-25(13-16)15-9-7-14(8-10-15)24-19(26)12-23-30(27,28)20-17(21)5-2-6-18(20)22/h2,5-10,16,23H,3-4,11-13H2,1H3,(H,24,26). The van der Waals surface area contributed by atoms with Gasteiger partial charge in [-0.2, -0.15) is 0 Å². The lowest BCUT2D eigenvalue weighted by molar-refractivity contribution is -0.115. The predicted octanol–water partition coefficient (Wildman–Crippen LogP) is 2.50. The van der Waals surface area contributed by atoms with Gasteiger partial charge in [-0.15, -0.1) is 0 Å². The van der Waals surface area contributed by atoms with Crippen LogP contribution in [0.2, 0.25) is 0 Å². The van der Waals surface area contributed by atoms with Crippen LogP contribution >= 0.6 is 0 Å². The molecule has 1 unspecified atom stereocenters. The van der Waals surface area contributed by atoms with Crippen LogP contribution in [0.4, 0.5) is 20.2 Å². The van der Waals surface area contributed by atoms with Crippen LogP contribution in [0.1, 0.15) is 12.8 Å². The lowest BCUT2D eigenvalue weighted by Gasteiger charge is -2.33. The van der Waals surface area contributed by atoms with Crippen molar-refractivity contribution in [1.29, 1.82) is 0 Å². The van der Waals surface area contributed by atoms with Crippen molar-refractivity contribution < 1.29 is 26.7 Å². The number of halogens is 2. The number of hydrogen-bond acceptors (Lipinski definition) is 5. The Labute approximate surface area is 174 Å². The summed E-state index contributed by atoms with van der Waals surface area (Å²) in [5, 5.41) is 2.55. The maximum atomic E-state index is 13.7. The van der Waals surface area contributed by atoms with E-state index in [1.807, 2.05) is 16.9 Å². The Hall–Kier alpha value is -2.56. The monoisotopic (exact) mass is 439 g/mol. The molecule has 1 aliphatic heterocycles. The molecule has 0 aliphatic carbocycles. The van der Waals surface area contributed by atoms with Crippen molar-refractivity contribution in [2.75, 3.05) is 37.0 Å². The van der Waals surface area contributed by atoms with E-state index in [2.05, 4.69) is 10.2 Å². The third-order valence-electron chi connectivity index (χ3n) is 4.84. The minimum Gasteiger partial charge on any atom is -0.380 e. The van der Waals surface area contributed by atoms with Gasteiger partial charge in [0.1, 0.15) is 11.6 Å². The van der Waals surface area contributed by atoms with E-state index in [1.165, 1.54) is 0 Å². The van der Waals surface area contributed by atoms with Crippen molar-refractivity contribution in [2.45, 2.75) is 23.8 Å². The first-order valence-electron chi connectivity index (χ1n) is 9.41. The molecule has 3 rings (SSSR count). The van der Waals surface area contributed by atoms with Gasteiger partial charge >= 0.3 is 0 Å². The number of rotatable bonds is 7. The van der Waals surface area contributed by atoms with Gasteiger partial charge in [0.2, 0.25) is 15.9 Å². The molecule has 1 saturated heterocycles. The summed E-state index contributed by atoms with van der Waals surface area (Å²) in [5.41, 5.74) is 1.46. The summed E-state index contributed by atoms with van der Waals surface area (Å²) in [7, 11) is -2.82. The smallest absolute Gasteiger partial charge is 0.246 e. The summed E-state index contributed by atoms with van der Waals surface area (Å²) < 4.78 is 58.9. The van der Waals surface area contributed by atoms with E-state index in [1.54, 1.807) is 19.2 Å². The predicted molar refractivity (Wildman–Crippen MR) is 109 cm³/mol. The number of hydrogen-bond donors (Lipinski definition) is 2. The normalized spacial score (nSPS) is 17.0. The molecule has 2 aromatic carbocycles. The number of anilines is 2. The van der Waals surface area contributed by atoms with Gasteiger partial charge < -0.3 is 15.0 Å². The summed E-state index contributed by atoms with van der Waals surface area (Å²) in [6, 6.07) is 9.83. The molecule has 1 aliphatic rings. The van der Waals surface area contributed by atoms with Crippen LogP contribution in [0.5, 0.6) is 0 Å². The number of nitrogens with one attached hydrogen (secondary N) is 2. The van der Waals surface area contributed by atoms with E-state index in [4.69, 9.17) is 4.74 Å². The molecule has 2 N–H and O–H groups in total. The Morgan fingerprint density at radius 1 is 1.17 bits per heavy atom. The fraction of sp³-hybridized carbons (Fsp3) is 0.350. The Morgan fingerprint density at radius 2 is 1.83 bits per heavy atom. The maximum Gasteiger partial charge on any atom is 0.246 e. The van der Waals surface area contributed by atoms with Gasteiger partial charge in [-0.25, -0.2) is 21.9 Å². The van der Waals surface area contributed by atoms with Gasteiger partial charge in [0.15, 0.2) is 4.90 Å². The van der Waals surface area contributed by atoms with Crippen LogP contribution in [0.3, 0.4) is 0 Å². The first-order valence-corrected chi connectivity index (χ1v) is 10.9. The molecule has 1 fully saturated rings. The lowest BCUT2D eigenvalue weighted by Crippen LogP contribution is -2.39. The van der Waals surface area contributed by atoms with Crippen LogP contribution in [0, 0.1) is 11.6 Å². The number of carbonyl (C=O) groups excluding carboxylic acids is 1. The molecule has 0 bridgehead atoms. The summed E-state index contributed by atoms with van der Waals surface area (Å²) in [6.45, 7) is 1.04. The van der Waals surface area contributed by atoms with Crippen LogP contribution in [0.25, 0.3) is 0 Å². The highest BCUT2D eigenvalue weighted by molar-refractivity contribution is 7.89. The Kier molecular flexibility index (Phi) is 7.01. The number of nitrogens with zero attached hydrogens (tertiary/aromatic N) is 1. The minimum absolute atomic E-state index is 0.186. The van der Waals surface area contributed by atoms with Gasteiger partial charge in [-0.3, -0.25) is 4.79 Å². The van der Waals surface area contributed by atoms with Crippen LogP contribution < -0.4 is 14.9 Å². The van der Waals surface area contributed by atoms with Crippen molar-refractivity contribution in [3.63, 3.8) is 0 Å². The van der Waals surface area contributed by atoms with Crippen molar-refractivity contribution in [1.82, 2.24) is 4.72 Å². The molecule has 2 aromatic rings. The Bertz CT molecular complexity index is 979. The van der Waals surface area contributed by atoms with E-state index in [0.717, 1.165) is 49.8 Å². The van der Waals surface area contributed by atoms with E-state index in [0.29, 0.717) is 5.69 Å². The lowest BCUT2D eigenvalue weighted by atomic mass is 10.1. The van der Waals surface area contributed by atoms with E-state index in [9.17, 15) is 22.0 Å². The van der Waals surface area contributed by atoms with Gasteiger partial charge in [0, 0.05) is 31.6 Å². The molecule has 0 saturated carbocycles. The molecular formula is C20H23F2N3O4S. The maximum absolute atomic E-state index is 13.7. The average molecular weight is 439 g/mol. The average Bonchev–Trinajstić information content (AvgIpc) is 2.73. The first kappa shape index (κ1) is 22.1. The van der Waals surface area contributed by atoms with E-state index >= 15 is 0 Å². The molecule has 1 amide bonds. The zero-order chi connectivity index (χ0) is 21.7. The number of ether oxygens (including phenoxy) is 1. The van der Waals surface area contributed by atoms with Crippen LogP contribution in [-0.2, 0) is 19.6 Å². The number of piperidine rings is 1. The second-order valence-corrected chi connectivity index (χ2v) is 8.62. The molecule has 0 aromatic heterocycles. The first-order chi connectivity index (χ1) is 14.3. The highest BCUT2D eigenvalue weighted by Gasteiger charge is 2.24. The molecule has 0 radical (unpaired) electrons. The number of amides is 1. The number of sulfonamides is 1. The highest BCUT2D eigenvalue weighted by atomic mass is 32.2. The minimum atomic E-state index is -4.52. The number of carbonyl (C=O) groups is 1. The van der Waals surface area contributed by atoms with Gasteiger partial charge in [-0.1, -0.05) is 6.07 Å². The molecule has 30 heavy (non-hydrogen) atoms. The number of methoxy groups -OCH3 is 1. The van der Waals surface area contributed by atoms with E-state index < -0.39 is 39.0 Å². The SMILES string of the molecule is COC1CCCN(c2ccc(NC(=O)CNS(=O)(=O)c3c(F)cccc3F)cc2)C1. The fourth-order valence-corrected chi connectivity index (χ4v) is 4.41. The zero-order valence-corrected chi connectivity index (χ0v) is 17.2. The van der Waals surface area contributed by atoms with Gasteiger partial charge in [0.05, 0.1) is 12.6 Å². The summed E-state index contributed by atoms with van der Waals surface area (Å²) in [6.07, 6.45) is 2.23. The van der Waals surface area contributed by atoms with Crippen LogP contribution in [-0.4, -0.2) is 47.2 Å². The quantitative estimate of drug-likeness (QED) is 0.692. The van der Waals surface area contributed by atoms with Crippen molar-refractivity contribution >= 4 is 27.3 Å². The van der Waals surface area contributed by atoms with Crippen LogP contribution in [0.15, 0.2) is 47.4 Å². The molecule has 162 valence electrons. The molecule has 7 nitrogen and oxygen atoms in total. The van der Waals surface area contributed by atoms with Gasteiger partial charge in [0.25, 0.3) is 0 Å². The number of benzene rings is 2. The second kappa shape index (κ2) is 9.50. The summed E-state index contributed by atoms with van der Waals surface area (Å²) >= 11 is 0. The molecule has 1 atom stereocenters. The zero-order valence-electron chi connectivity index (χ0n) is 16.4. The molecular weight excluding hydrogens is 416 g/mol. The highest BCUT2D eigenvalue weighted by Crippen LogP contribution is 2.23. The fourth-order valence-electron chi connectivity index (χ4n) is 3.30. The van der Waals surface area contributed by atoms with Crippen molar-refractivity contribution in [2.24, 2.45) is 0 Å². The summed E-state index contributed by atoms with van der Waals surface area (Å²) in [5.74, 6) is -3.13. The Balaban J connectivity index is 1.57. The largest absolute Gasteiger partial charge is 0.380 e. The van der Waals surface area contributed by atoms with Gasteiger partial charge in [-0.05, 0) is 49.2 Å². The molecule has 1 heterocycles. The van der Waals surface area contributed by atoms with Crippen molar-refractivity contribution in [3.8, 4) is 0 Å². The topological polar surface area (TPSA) is 87.7 Å². The molecule has 10 heteroatoms. The summed E-state index contributed by atoms with van der Waals surface area (Å²) in [4.78, 5) is 13.2. The Morgan fingerprint density at radius 3 is 2.47 bits per heavy atom. The third kappa shape index (κ3) is 5.32. The molecule has 0 spiro atoms. The van der Waals surface area contributed by atoms with Crippen molar-refractivity contribution in [3.05, 3.63) is 54.1 Å². The second-order valence-electron chi connectivity index (χ2n) is 6.92. The third-order valence-corrected chi connectivity index (χ3v) is 6.29. The van der Waals surface area contributed by atoms with E-state index in [-0.39, 0.29) is 6.10 Å².